The number of carbonyl (C=O) groups is 2. The van der Waals surface area contributed by atoms with E-state index in [0.29, 0.717) is 6.54 Å². The summed E-state index contributed by atoms with van der Waals surface area (Å²) in [4.78, 5) is 24.6. The number of nitrogens with one attached hydrogen (secondary N) is 2. The molecule has 1 saturated carbocycles. The number of rotatable bonds is 8. The van der Waals surface area contributed by atoms with Gasteiger partial charge in [-0.1, -0.05) is 36.8 Å². The Bertz CT molecular complexity index is 584. The predicted octanol–water partition coefficient (Wildman–Crippen LogP) is 1.27. The first-order valence-corrected chi connectivity index (χ1v) is 8.63. The Kier molecular flexibility index (Phi) is 6.78. The number of aryl methyl sites for hydroxylation is 1. The van der Waals surface area contributed by atoms with Crippen LogP contribution in [0.5, 0.6) is 0 Å². The highest BCUT2D eigenvalue weighted by Gasteiger charge is 2.34. The lowest BCUT2D eigenvalue weighted by Crippen LogP contribution is -2.56. The number of benzene rings is 1. The number of hydrogen-bond acceptors (Lipinski definition) is 4. The Morgan fingerprint density at radius 2 is 1.92 bits per heavy atom. The van der Waals surface area contributed by atoms with Crippen LogP contribution in [-0.4, -0.2) is 58.8 Å². The van der Waals surface area contributed by atoms with E-state index in [4.69, 9.17) is 5.11 Å². The molecule has 1 aromatic carbocycles. The van der Waals surface area contributed by atoms with Gasteiger partial charge in [-0.05, 0) is 31.9 Å². The van der Waals surface area contributed by atoms with E-state index < -0.39 is 12.1 Å². The largest absolute Gasteiger partial charge is 0.480 e. The van der Waals surface area contributed by atoms with E-state index in [0.717, 1.165) is 24.0 Å². The summed E-state index contributed by atoms with van der Waals surface area (Å²) in [5, 5.41) is 24.5. The Balaban J connectivity index is 1.68. The second-order valence-corrected chi connectivity index (χ2v) is 6.56. The van der Waals surface area contributed by atoms with Gasteiger partial charge in [0.25, 0.3) is 0 Å². The summed E-state index contributed by atoms with van der Waals surface area (Å²) in [6.07, 6.45) is 0.746. The summed E-state index contributed by atoms with van der Waals surface area (Å²) in [5.41, 5.74) is 1.88. The molecular formula is C18H27N3O4. The summed E-state index contributed by atoms with van der Waals surface area (Å²) in [6, 6.07) is 7.47. The van der Waals surface area contributed by atoms with Gasteiger partial charge in [0.2, 0.25) is 0 Å². The van der Waals surface area contributed by atoms with Crippen molar-refractivity contribution in [3.63, 3.8) is 0 Å². The van der Waals surface area contributed by atoms with E-state index in [-0.39, 0.29) is 31.2 Å². The summed E-state index contributed by atoms with van der Waals surface area (Å²) >= 11 is 0. The van der Waals surface area contributed by atoms with Gasteiger partial charge in [0.05, 0.1) is 12.6 Å². The van der Waals surface area contributed by atoms with Gasteiger partial charge in [-0.2, -0.15) is 0 Å². The maximum atomic E-state index is 11.9. The molecule has 0 saturated heterocycles. The van der Waals surface area contributed by atoms with E-state index in [2.05, 4.69) is 10.6 Å². The second-order valence-electron chi connectivity index (χ2n) is 6.56. The van der Waals surface area contributed by atoms with Crippen LogP contribution in [0.2, 0.25) is 0 Å². The molecule has 1 aliphatic carbocycles. The molecule has 0 bridgehead atoms. The Morgan fingerprint density at radius 1 is 1.28 bits per heavy atom. The fourth-order valence-electron chi connectivity index (χ4n) is 3.01. The van der Waals surface area contributed by atoms with Crippen molar-refractivity contribution in [2.24, 2.45) is 0 Å². The molecule has 0 aromatic heterocycles. The second kappa shape index (κ2) is 8.82. The van der Waals surface area contributed by atoms with Crippen LogP contribution in [0.15, 0.2) is 24.3 Å². The molecule has 7 nitrogen and oxygen atoms in total. The van der Waals surface area contributed by atoms with Gasteiger partial charge in [0.1, 0.15) is 0 Å². The molecule has 1 aliphatic rings. The first-order valence-electron chi connectivity index (χ1n) is 8.63. The number of urea groups is 1. The predicted molar refractivity (Wildman–Crippen MR) is 94.4 cm³/mol. The normalized spacial score (nSPS) is 20.6. The number of nitrogens with zero attached hydrogens (tertiary/aromatic N) is 1. The van der Waals surface area contributed by atoms with E-state index in [9.17, 15) is 14.7 Å². The van der Waals surface area contributed by atoms with Crippen LogP contribution in [0.1, 0.15) is 37.0 Å². The van der Waals surface area contributed by atoms with Crippen LogP contribution in [0.25, 0.3) is 0 Å². The lowest BCUT2D eigenvalue weighted by atomic mass is 9.85. The molecule has 1 fully saturated rings. The van der Waals surface area contributed by atoms with Crippen molar-refractivity contribution in [3.05, 3.63) is 35.4 Å². The number of aliphatic hydroxyl groups excluding tert-OH is 1. The van der Waals surface area contributed by atoms with Gasteiger partial charge in [-0.3, -0.25) is 9.69 Å². The van der Waals surface area contributed by atoms with Gasteiger partial charge in [-0.25, -0.2) is 4.79 Å². The molecule has 138 valence electrons. The monoisotopic (exact) mass is 349 g/mol. The van der Waals surface area contributed by atoms with Crippen molar-refractivity contribution >= 4 is 12.0 Å². The number of carboxylic acid groups (broad SMARTS) is 1. The molecule has 0 aliphatic heterocycles. The van der Waals surface area contributed by atoms with E-state index in [1.807, 2.05) is 43.0 Å². The van der Waals surface area contributed by atoms with Crippen LogP contribution >= 0.6 is 0 Å². The first-order chi connectivity index (χ1) is 11.9. The zero-order valence-corrected chi connectivity index (χ0v) is 14.7. The standard InChI is InChI=1S/C18H27N3O4/c1-3-21(11-17(23)24)15-8-14(9-15)20-18(25)19-10-16(22)13-6-4-12(2)5-7-13/h4-7,14-16,22H,3,8-11H2,1-2H3,(H,23,24)(H2,19,20,25)/t14?,15?,16-/m1/s1. The van der Waals surface area contributed by atoms with Crippen molar-refractivity contribution < 1.29 is 19.8 Å². The molecule has 0 spiro atoms. The van der Waals surface area contributed by atoms with Crippen LogP contribution in [0, 0.1) is 6.92 Å². The van der Waals surface area contributed by atoms with E-state index >= 15 is 0 Å². The molecule has 25 heavy (non-hydrogen) atoms. The maximum absolute atomic E-state index is 11.9. The molecule has 0 heterocycles. The highest BCUT2D eigenvalue weighted by atomic mass is 16.4. The van der Waals surface area contributed by atoms with Gasteiger partial charge in [0, 0.05) is 18.6 Å². The van der Waals surface area contributed by atoms with E-state index in [1.165, 1.54) is 0 Å². The molecule has 1 atom stereocenters. The van der Waals surface area contributed by atoms with Crippen molar-refractivity contribution in [1.29, 1.82) is 0 Å². The summed E-state index contributed by atoms with van der Waals surface area (Å²) in [5.74, 6) is -0.832. The third kappa shape index (κ3) is 5.72. The highest BCUT2D eigenvalue weighted by molar-refractivity contribution is 5.74. The third-order valence-corrected chi connectivity index (χ3v) is 4.63. The zero-order valence-electron chi connectivity index (χ0n) is 14.7. The Labute approximate surface area is 148 Å². The minimum Gasteiger partial charge on any atom is -0.480 e. The minimum absolute atomic E-state index is 0.0306. The van der Waals surface area contributed by atoms with Crippen LogP contribution in [0.3, 0.4) is 0 Å². The van der Waals surface area contributed by atoms with Crippen molar-refractivity contribution in [1.82, 2.24) is 15.5 Å². The molecule has 0 unspecified atom stereocenters. The van der Waals surface area contributed by atoms with Gasteiger partial charge in [-0.15, -0.1) is 0 Å². The van der Waals surface area contributed by atoms with E-state index in [1.54, 1.807) is 0 Å². The van der Waals surface area contributed by atoms with Crippen molar-refractivity contribution in [2.75, 3.05) is 19.6 Å². The average molecular weight is 349 g/mol. The number of carboxylic acids is 1. The smallest absolute Gasteiger partial charge is 0.317 e. The summed E-state index contributed by atoms with van der Waals surface area (Å²) in [7, 11) is 0. The summed E-state index contributed by atoms with van der Waals surface area (Å²) < 4.78 is 0. The molecular weight excluding hydrogens is 322 g/mol. The topological polar surface area (TPSA) is 102 Å². The molecule has 1 aromatic rings. The maximum Gasteiger partial charge on any atom is 0.317 e. The van der Waals surface area contributed by atoms with Crippen LogP contribution in [-0.2, 0) is 4.79 Å². The zero-order chi connectivity index (χ0) is 18.4. The molecule has 7 heteroatoms. The Hall–Kier alpha value is -2.12. The fourth-order valence-corrected chi connectivity index (χ4v) is 3.01. The fraction of sp³-hybridized carbons (Fsp3) is 0.556. The first kappa shape index (κ1) is 19.2. The lowest BCUT2D eigenvalue weighted by Gasteiger charge is -2.42. The quantitative estimate of drug-likeness (QED) is 0.566. The van der Waals surface area contributed by atoms with Gasteiger partial charge in [0.15, 0.2) is 0 Å². The van der Waals surface area contributed by atoms with Crippen LogP contribution in [0.4, 0.5) is 4.79 Å². The highest BCUT2D eigenvalue weighted by Crippen LogP contribution is 2.25. The number of aliphatic hydroxyl groups is 1. The molecule has 2 rings (SSSR count). The van der Waals surface area contributed by atoms with Crippen molar-refractivity contribution in [2.45, 2.75) is 44.9 Å². The Morgan fingerprint density at radius 3 is 2.48 bits per heavy atom. The number of carbonyl (C=O) groups excluding carboxylic acids is 1. The molecule has 0 radical (unpaired) electrons. The third-order valence-electron chi connectivity index (χ3n) is 4.63. The number of likely N-dealkylation sites (N-methyl/N-ethyl adjacent to an activating group) is 1. The number of aliphatic carboxylic acids is 1. The summed E-state index contributed by atoms with van der Waals surface area (Å²) in [6.45, 7) is 4.76. The average Bonchev–Trinajstić information content (AvgIpc) is 2.54. The number of hydrogen-bond donors (Lipinski definition) is 4. The van der Waals surface area contributed by atoms with Crippen LogP contribution < -0.4 is 10.6 Å². The molecule has 4 N–H and O–H groups in total. The number of amides is 2. The SMILES string of the molecule is CCN(CC(=O)O)C1CC(NC(=O)NC[C@@H](O)c2ccc(C)cc2)C1. The minimum atomic E-state index is -0.832. The van der Waals surface area contributed by atoms with Crippen molar-refractivity contribution in [3.8, 4) is 0 Å². The lowest BCUT2D eigenvalue weighted by molar-refractivity contribution is -0.139. The van der Waals surface area contributed by atoms with Gasteiger partial charge >= 0.3 is 12.0 Å². The molecule has 2 amide bonds. The van der Waals surface area contributed by atoms with Gasteiger partial charge < -0.3 is 20.8 Å².